The minimum atomic E-state index is -0.0198. The van der Waals surface area contributed by atoms with Crippen LogP contribution in [-0.2, 0) is 0 Å². The first kappa shape index (κ1) is 15.6. The van der Waals surface area contributed by atoms with E-state index >= 15 is 0 Å². The number of aromatic nitrogens is 1. The highest BCUT2D eigenvalue weighted by Crippen LogP contribution is 2.32. The largest absolute Gasteiger partial charge is 0.361 e. The van der Waals surface area contributed by atoms with E-state index in [2.05, 4.69) is 29.0 Å². The quantitative estimate of drug-likeness (QED) is 0.430. The second-order valence-electron chi connectivity index (χ2n) is 5.91. The molecule has 0 aliphatic carbocycles. The van der Waals surface area contributed by atoms with Crippen LogP contribution in [0.2, 0.25) is 5.02 Å². The van der Waals surface area contributed by atoms with E-state index in [0.29, 0.717) is 0 Å². The molecule has 4 aromatic rings. The molecule has 0 aliphatic rings. The van der Waals surface area contributed by atoms with Gasteiger partial charge in [-0.3, -0.25) is 0 Å². The molecule has 3 aromatic carbocycles. The van der Waals surface area contributed by atoms with Gasteiger partial charge in [-0.1, -0.05) is 72.0 Å². The van der Waals surface area contributed by atoms with Crippen molar-refractivity contribution >= 4 is 22.5 Å². The Hall–Kier alpha value is -2.95. The second-order valence-corrected chi connectivity index (χ2v) is 6.35. The van der Waals surface area contributed by atoms with E-state index in [-0.39, 0.29) is 5.92 Å². The van der Waals surface area contributed by atoms with Gasteiger partial charge in [0.2, 0.25) is 0 Å². The van der Waals surface area contributed by atoms with Gasteiger partial charge in [0.15, 0.2) is 0 Å². The van der Waals surface area contributed by atoms with Gasteiger partial charge in [-0.25, -0.2) is 0 Å². The van der Waals surface area contributed by atoms with Crippen molar-refractivity contribution in [1.29, 1.82) is 0 Å². The summed E-state index contributed by atoms with van der Waals surface area (Å²) >= 11 is 6.22. The number of nitrogens with one attached hydrogen (secondary N) is 1. The molecule has 1 unspecified atom stereocenters. The minimum Gasteiger partial charge on any atom is -0.361 e. The third-order valence-corrected chi connectivity index (χ3v) is 4.49. The van der Waals surface area contributed by atoms with Gasteiger partial charge < -0.3 is 4.98 Å². The van der Waals surface area contributed by atoms with E-state index in [1.165, 1.54) is 5.56 Å². The summed E-state index contributed by atoms with van der Waals surface area (Å²) in [4.78, 5) is 3.34. The number of aromatic amines is 1. The molecule has 25 heavy (non-hydrogen) atoms. The maximum absolute atomic E-state index is 6.22. The number of hydrogen-bond donors (Lipinski definition) is 1. The van der Waals surface area contributed by atoms with Crippen LogP contribution in [0.15, 0.2) is 85.1 Å². The lowest BCUT2D eigenvalue weighted by Gasteiger charge is -2.11. The first-order chi connectivity index (χ1) is 12.3. The standard InChI is InChI=1S/C23H16ClN/c24-19-12-14-23-21(15-19)22(16-25-23)20(18-9-5-2-6-10-18)13-11-17-7-3-1-4-8-17/h1-10,12,14-16,20,25H. The van der Waals surface area contributed by atoms with E-state index < -0.39 is 0 Å². The molecule has 1 atom stereocenters. The minimum absolute atomic E-state index is 0.0198. The molecule has 0 radical (unpaired) electrons. The van der Waals surface area contributed by atoms with Gasteiger partial charge in [-0.15, -0.1) is 0 Å². The molecule has 4 rings (SSSR count). The first-order valence-corrected chi connectivity index (χ1v) is 8.57. The Labute approximate surface area is 152 Å². The summed E-state index contributed by atoms with van der Waals surface area (Å²) in [6.45, 7) is 0. The first-order valence-electron chi connectivity index (χ1n) is 8.19. The zero-order chi connectivity index (χ0) is 17.1. The van der Waals surface area contributed by atoms with Gasteiger partial charge in [0.1, 0.15) is 0 Å². The predicted octanol–water partition coefficient (Wildman–Crippen LogP) is 6.00. The van der Waals surface area contributed by atoms with Gasteiger partial charge in [0, 0.05) is 27.7 Å². The van der Waals surface area contributed by atoms with Crippen molar-refractivity contribution in [2.24, 2.45) is 0 Å². The third kappa shape index (κ3) is 3.31. The topological polar surface area (TPSA) is 15.8 Å². The molecule has 120 valence electrons. The number of fused-ring (bicyclic) bond motifs is 1. The molecule has 1 aromatic heterocycles. The normalized spacial score (nSPS) is 11.7. The predicted molar refractivity (Wildman–Crippen MR) is 105 cm³/mol. The van der Waals surface area contributed by atoms with E-state index in [9.17, 15) is 0 Å². The lowest BCUT2D eigenvalue weighted by molar-refractivity contribution is 1.08. The Morgan fingerprint density at radius 2 is 1.56 bits per heavy atom. The lowest BCUT2D eigenvalue weighted by Crippen LogP contribution is -1.97. The summed E-state index contributed by atoms with van der Waals surface area (Å²) in [7, 11) is 0. The van der Waals surface area contributed by atoms with Crippen LogP contribution >= 0.6 is 11.6 Å². The molecule has 1 N–H and O–H groups in total. The Kier molecular flexibility index (Phi) is 4.29. The fraction of sp³-hybridized carbons (Fsp3) is 0.0435. The van der Waals surface area contributed by atoms with Crippen LogP contribution in [0, 0.1) is 11.8 Å². The highest BCUT2D eigenvalue weighted by Gasteiger charge is 2.16. The molecular weight excluding hydrogens is 326 g/mol. The molecule has 0 spiro atoms. The van der Waals surface area contributed by atoms with Gasteiger partial charge in [0.05, 0.1) is 5.92 Å². The monoisotopic (exact) mass is 341 g/mol. The Morgan fingerprint density at radius 3 is 2.32 bits per heavy atom. The Bertz CT molecular complexity index is 1050. The van der Waals surface area contributed by atoms with E-state index in [1.54, 1.807) is 0 Å². The zero-order valence-electron chi connectivity index (χ0n) is 13.5. The number of halogens is 1. The highest BCUT2D eigenvalue weighted by molar-refractivity contribution is 6.31. The Morgan fingerprint density at radius 1 is 0.840 bits per heavy atom. The fourth-order valence-corrected chi connectivity index (χ4v) is 3.19. The van der Waals surface area contributed by atoms with Crippen molar-refractivity contribution in [2.75, 3.05) is 0 Å². The maximum atomic E-state index is 6.22. The maximum Gasteiger partial charge on any atom is 0.0726 e. The molecule has 0 saturated heterocycles. The Balaban J connectivity index is 1.86. The molecule has 2 heteroatoms. The SMILES string of the molecule is Clc1ccc2[nH]cc(C(C#Cc3ccccc3)c3ccccc3)c2c1. The van der Waals surface area contributed by atoms with Crippen LogP contribution in [-0.4, -0.2) is 4.98 Å². The fourth-order valence-electron chi connectivity index (χ4n) is 3.02. The average Bonchev–Trinajstić information content (AvgIpc) is 3.07. The van der Waals surface area contributed by atoms with Crippen LogP contribution in [0.1, 0.15) is 22.6 Å². The molecular formula is C23H16ClN. The number of H-pyrrole nitrogens is 1. The van der Waals surface area contributed by atoms with Crippen LogP contribution in [0.25, 0.3) is 10.9 Å². The molecule has 0 aliphatic heterocycles. The summed E-state index contributed by atoms with van der Waals surface area (Å²) in [6, 6.07) is 26.3. The summed E-state index contributed by atoms with van der Waals surface area (Å²) in [5, 5.41) is 1.85. The molecule has 1 nitrogen and oxygen atoms in total. The van der Waals surface area contributed by atoms with Crippen molar-refractivity contribution in [3.8, 4) is 11.8 Å². The third-order valence-electron chi connectivity index (χ3n) is 4.25. The van der Waals surface area contributed by atoms with E-state index in [1.807, 2.05) is 72.9 Å². The summed E-state index contributed by atoms with van der Waals surface area (Å²) in [5.74, 6) is 6.75. The molecule has 0 saturated carbocycles. The van der Waals surface area contributed by atoms with E-state index in [0.717, 1.165) is 27.1 Å². The van der Waals surface area contributed by atoms with Gasteiger partial charge >= 0.3 is 0 Å². The summed E-state index contributed by atoms with van der Waals surface area (Å²) < 4.78 is 0. The van der Waals surface area contributed by atoms with Crippen molar-refractivity contribution in [1.82, 2.24) is 4.98 Å². The smallest absolute Gasteiger partial charge is 0.0726 e. The van der Waals surface area contributed by atoms with Crippen molar-refractivity contribution in [3.05, 3.63) is 107 Å². The van der Waals surface area contributed by atoms with Gasteiger partial charge in [-0.05, 0) is 41.5 Å². The van der Waals surface area contributed by atoms with E-state index in [4.69, 9.17) is 11.6 Å². The van der Waals surface area contributed by atoms with Gasteiger partial charge in [0.25, 0.3) is 0 Å². The van der Waals surface area contributed by atoms with Crippen LogP contribution in [0.4, 0.5) is 0 Å². The number of rotatable bonds is 2. The summed E-state index contributed by atoms with van der Waals surface area (Å²) in [6.07, 6.45) is 2.04. The van der Waals surface area contributed by atoms with Crippen LogP contribution < -0.4 is 0 Å². The van der Waals surface area contributed by atoms with Gasteiger partial charge in [-0.2, -0.15) is 0 Å². The number of benzene rings is 3. The second kappa shape index (κ2) is 6.89. The molecule has 1 heterocycles. The van der Waals surface area contributed by atoms with Crippen LogP contribution in [0.3, 0.4) is 0 Å². The molecule has 0 bridgehead atoms. The summed E-state index contributed by atoms with van der Waals surface area (Å²) in [5.41, 5.74) is 4.40. The highest BCUT2D eigenvalue weighted by atomic mass is 35.5. The van der Waals surface area contributed by atoms with Crippen molar-refractivity contribution in [2.45, 2.75) is 5.92 Å². The number of hydrogen-bond acceptors (Lipinski definition) is 0. The lowest BCUT2D eigenvalue weighted by atomic mass is 9.91. The zero-order valence-corrected chi connectivity index (χ0v) is 14.3. The average molecular weight is 342 g/mol. The van der Waals surface area contributed by atoms with Crippen molar-refractivity contribution < 1.29 is 0 Å². The van der Waals surface area contributed by atoms with Crippen LogP contribution in [0.5, 0.6) is 0 Å². The molecule has 0 fully saturated rings. The van der Waals surface area contributed by atoms with Crippen molar-refractivity contribution in [3.63, 3.8) is 0 Å². The molecule has 0 amide bonds.